The van der Waals surface area contributed by atoms with Crippen LogP contribution in [0.4, 0.5) is 4.79 Å². The van der Waals surface area contributed by atoms with Crippen molar-refractivity contribution >= 4 is 11.9 Å². The van der Waals surface area contributed by atoms with Gasteiger partial charge in [0, 0.05) is 19.0 Å². The molecule has 1 aliphatic rings. The van der Waals surface area contributed by atoms with Crippen LogP contribution >= 0.6 is 0 Å². The average Bonchev–Trinajstić information content (AvgIpc) is 2.57. The topological polar surface area (TPSA) is 70.2 Å². The summed E-state index contributed by atoms with van der Waals surface area (Å²) in [7, 11) is 0. The van der Waals surface area contributed by atoms with Crippen LogP contribution in [0.15, 0.2) is 30.3 Å². The third kappa shape index (κ3) is 7.16. The van der Waals surface area contributed by atoms with Gasteiger partial charge in [0.05, 0.1) is 6.04 Å². The summed E-state index contributed by atoms with van der Waals surface area (Å²) in [6.45, 7) is 4.68. The Balaban J connectivity index is 1.75. The molecule has 2 unspecified atom stereocenters. The summed E-state index contributed by atoms with van der Waals surface area (Å²) < 4.78 is 0. The lowest BCUT2D eigenvalue weighted by molar-refractivity contribution is -0.122. The number of carbonyl (C=O) groups excluding carboxylic acids is 2. The van der Waals surface area contributed by atoms with Gasteiger partial charge in [-0.3, -0.25) is 4.79 Å². The monoisotopic (exact) mass is 345 g/mol. The molecule has 2 atom stereocenters. The molecule has 5 nitrogen and oxygen atoms in total. The molecule has 2 rings (SSSR count). The van der Waals surface area contributed by atoms with Crippen LogP contribution in [0, 0.1) is 5.92 Å². The molecule has 3 N–H and O–H groups in total. The van der Waals surface area contributed by atoms with Crippen LogP contribution in [0.25, 0.3) is 0 Å². The van der Waals surface area contributed by atoms with E-state index in [1.807, 2.05) is 32.0 Å². The third-order valence-corrected chi connectivity index (χ3v) is 4.56. The molecule has 0 bridgehead atoms. The van der Waals surface area contributed by atoms with Crippen molar-refractivity contribution in [2.24, 2.45) is 5.92 Å². The van der Waals surface area contributed by atoms with E-state index in [2.05, 4.69) is 28.1 Å². The molecule has 5 heteroatoms. The Morgan fingerprint density at radius 1 is 1.04 bits per heavy atom. The first-order chi connectivity index (χ1) is 12.0. The van der Waals surface area contributed by atoms with E-state index in [4.69, 9.17) is 0 Å². The zero-order valence-corrected chi connectivity index (χ0v) is 15.4. The minimum Gasteiger partial charge on any atom is -0.351 e. The Kier molecular flexibility index (Phi) is 7.76. The average molecular weight is 345 g/mol. The van der Waals surface area contributed by atoms with E-state index in [1.165, 1.54) is 5.56 Å². The third-order valence-electron chi connectivity index (χ3n) is 4.56. The zero-order valence-electron chi connectivity index (χ0n) is 15.4. The summed E-state index contributed by atoms with van der Waals surface area (Å²) in [5.41, 5.74) is 1.21. The highest BCUT2D eigenvalue weighted by atomic mass is 16.2. The second kappa shape index (κ2) is 10.1. The number of hydrogen-bond acceptors (Lipinski definition) is 2. The maximum absolute atomic E-state index is 12.2. The SMILES string of the molecule is CC(C)CC(=O)NC1CCCCC1NC(=O)NCCc1ccccc1. The van der Waals surface area contributed by atoms with E-state index in [-0.39, 0.29) is 24.0 Å². The fourth-order valence-corrected chi connectivity index (χ4v) is 3.30. The molecule has 25 heavy (non-hydrogen) atoms. The van der Waals surface area contributed by atoms with Crippen molar-refractivity contribution in [1.82, 2.24) is 16.0 Å². The molecule has 1 aromatic rings. The first kappa shape index (κ1) is 19.3. The molecule has 3 amide bonds. The Bertz CT molecular complexity index is 545. The van der Waals surface area contributed by atoms with Gasteiger partial charge in [-0.25, -0.2) is 4.79 Å². The predicted octanol–water partition coefficient (Wildman–Crippen LogP) is 3.00. The van der Waals surface area contributed by atoms with Crippen molar-refractivity contribution in [3.8, 4) is 0 Å². The molecule has 1 aliphatic carbocycles. The van der Waals surface area contributed by atoms with Crippen molar-refractivity contribution in [2.45, 2.75) is 64.5 Å². The first-order valence-electron chi connectivity index (χ1n) is 9.42. The minimum absolute atomic E-state index is 0.0154. The quantitative estimate of drug-likeness (QED) is 0.711. The van der Waals surface area contributed by atoms with Crippen LogP contribution in [0.5, 0.6) is 0 Å². The zero-order chi connectivity index (χ0) is 18.1. The largest absolute Gasteiger partial charge is 0.351 e. The van der Waals surface area contributed by atoms with E-state index >= 15 is 0 Å². The molecule has 1 fully saturated rings. The van der Waals surface area contributed by atoms with Gasteiger partial charge in [0.25, 0.3) is 0 Å². The molecule has 0 spiro atoms. The van der Waals surface area contributed by atoms with Crippen molar-refractivity contribution in [1.29, 1.82) is 0 Å². The van der Waals surface area contributed by atoms with Gasteiger partial charge in [-0.1, -0.05) is 57.0 Å². The normalized spacial score (nSPS) is 20.1. The number of urea groups is 1. The van der Waals surface area contributed by atoms with Crippen LogP contribution in [-0.2, 0) is 11.2 Å². The molecule has 0 radical (unpaired) electrons. The number of hydrogen-bond donors (Lipinski definition) is 3. The van der Waals surface area contributed by atoms with Crippen LogP contribution < -0.4 is 16.0 Å². The van der Waals surface area contributed by atoms with Crippen molar-refractivity contribution in [3.05, 3.63) is 35.9 Å². The van der Waals surface area contributed by atoms with Gasteiger partial charge in [-0.05, 0) is 30.7 Å². The number of carbonyl (C=O) groups is 2. The van der Waals surface area contributed by atoms with E-state index in [0.29, 0.717) is 18.9 Å². The predicted molar refractivity (Wildman–Crippen MR) is 100 cm³/mol. The molecule has 0 heterocycles. The standard InChI is InChI=1S/C20H31N3O2/c1-15(2)14-19(24)22-17-10-6-7-11-18(17)23-20(25)21-13-12-16-8-4-3-5-9-16/h3-5,8-9,15,17-18H,6-7,10-14H2,1-2H3,(H,22,24)(H2,21,23,25). The fourth-order valence-electron chi connectivity index (χ4n) is 3.30. The molecule has 0 aromatic heterocycles. The lowest BCUT2D eigenvalue weighted by atomic mass is 9.90. The lowest BCUT2D eigenvalue weighted by Gasteiger charge is -2.33. The van der Waals surface area contributed by atoms with Crippen molar-refractivity contribution in [2.75, 3.05) is 6.54 Å². The molecule has 138 valence electrons. The number of rotatable bonds is 7. The summed E-state index contributed by atoms with van der Waals surface area (Å²) >= 11 is 0. The second-order valence-corrected chi connectivity index (χ2v) is 7.30. The van der Waals surface area contributed by atoms with Crippen molar-refractivity contribution in [3.63, 3.8) is 0 Å². The summed E-state index contributed by atoms with van der Waals surface area (Å²) in [4.78, 5) is 24.2. The van der Waals surface area contributed by atoms with E-state index < -0.39 is 0 Å². The van der Waals surface area contributed by atoms with Gasteiger partial charge in [-0.2, -0.15) is 0 Å². The maximum Gasteiger partial charge on any atom is 0.315 e. The maximum atomic E-state index is 12.2. The Morgan fingerprint density at radius 3 is 2.32 bits per heavy atom. The molecule has 0 saturated heterocycles. The number of nitrogens with one attached hydrogen (secondary N) is 3. The van der Waals surface area contributed by atoms with Gasteiger partial charge >= 0.3 is 6.03 Å². The van der Waals surface area contributed by atoms with Crippen molar-refractivity contribution < 1.29 is 9.59 Å². The van der Waals surface area contributed by atoms with Gasteiger partial charge in [0.15, 0.2) is 0 Å². The Labute approximate surface area is 151 Å². The summed E-state index contributed by atoms with van der Waals surface area (Å²) in [5, 5.41) is 9.08. The Morgan fingerprint density at radius 2 is 1.68 bits per heavy atom. The van der Waals surface area contributed by atoms with E-state index in [0.717, 1.165) is 32.1 Å². The molecular formula is C20H31N3O2. The minimum atomic E-state index is -0.147. The second-order valence-electron chi connectivity index (χ2n) is 7.30. The van der Waals surface area contributed by atoms with Gasteiger partial charge in [0.1, 0.15) is 0 Å². The van der Waals surface area contributed by atoms with Crippen LogP contribution in [0.2, 0.25) is 0 Å². The number of amides is 3. The van der Waals surface area contributed by atoms with Gasteiger partial charge < -0.3 is 16.0 Å². The van der Waals surface area contributed by atoms with Crippen LogP contribution in [-0.4, -0.2) is 30.6 Å². The Hall–Kier alpha value is -2.04. The van der Waals surface area contributed by atoms with E-state index in [1.54, 1.807) is 0 Å². The molecule has 1 saturated carbocycles. The highest BCUT2D eigenvalue weighted by Crippen LogP contribution is 2.19. The fraction of sp³-hybridized carbons (Fsp3) is 0.600. The first-order valence-corrected chi connectivity index (χ1v) is 9.42. The smallest absolute Gasteiger partial charge is 0.315 e. The highest BCUT2D eigenvalue weighted by Gasteiger charge is 2.27. The van der Waals surface area contributed by atoms with Crippen LogP contribution in [0.1, 0.15) is 51.5 Å². The summed E-state index contributed by atoms with van der Waals surface area (Å²) in [5.74, 6) is 0.425. The van der Waals surface area contributed by atoms with Crippen LogP contribution in [0.3, 0.4) is 0 Å². The van der Waals surface area contributed by atoms with Gasteiger partial charge in [-0.15, -0.1) is 0 Å². The highest BCUT2D eigenvalue weighted by molar-refractivity contribution is 5.77. The van der Waals surface area contributed by atoms with E-state index in [9.17, 15) is 9.59 Å². The molecule has 1 aromatic carbocycles. The molecular weight excluding hydrogens is 314 g/mol. The molecule has 0 aliphatic heterocycles. The lowest BCUT2D eigenvalue weighted by Crippen LogP contribution is -2.55. The summed E-state index contributed by atoms with van der Waals surface area (Å²) in [6.07, 6.45) is 5.38. The number of benzene rings is 1. The summed E-state index contributed by atoms with van der Waals surface area (Å²) in [6, 6.07) is 10.0. The van der Waals surface area contributed by atoms with Gasteiger partial charge in [0.2, 0.25) is 5.91 Å².